The van der Waals surface area contributed by atoms with Gasteiger partial charge in [-0.25, -0.2) is 13.1 Å². The first-order chi connectivity index (χ1) is 12.1. The Morgan fingerprint density at radius 3 is 2.92 bits per heavy atom. The Morgan fingerprint density at radius 2 is 2.12 bits per heavy atom. The molecule has 0 saturated heterocycles. The Labute approximate surface area is 146 Å². The zero-order chi connectivity index (χ0) is 17.7. The van der Waals surface area contributed by atoms with Crippen molar-refractivity contribution in [2.45, 2.75) is 24.8 Å². The highest BCUT2D eigenvalue weighted by atomic mass is 32.2. The average Bonchev–Trinajstić information content (AvgIpc) is 3.10. The molecule has 0 aliphatic heterocycles. The Morgan fingerprint density at radius 1 is 1.24 bits per heavy atom. The van der Waals surface area contributed by atoms with E-state index < -0.39 is 10.0 Å². The minimum Gasteiger partial charge on any atom is -0.467 e. The molecule has 0 fully saturated rings. The minimum absolute atomic E-state index is 0.196. The number of benzene rings is 1. The maximum Gasteiger partial charge on any atom is 0.242 e. The number of aromatic nitrogens is 1. The molecule has 0 unspecified atom stereocenters. The topological polar surface area (TPSA) is 81.4 Å². The Hall–Kier alpha value is -2.22. The van der Waals surface area contributed by atoms with E-state index in [-0.39, 0.29) is 4.90 Å². The standard InChI is InChI=1S/C18H20N2O4S/c1-14-11-15-5-2-7-17(18(15)19-12-14)25(21,22)20-8-4-9-23-13-16-6-3-10-24-16/h2-3,5-7,10-12,20H,4,8-9,13H2,1H3. The molecule has 0 aliphatic carbocycles. The summed E-state index contributed by atoms with van der Waals surface area (Å²) in [7, 11) is -3.62. The second kappa shape index (κ2) is 7.77. The fraction of sp³-hybridized carbons (Fsp3) is 0.278. The molecule has 7 heteroatoms. The zero-order valence-electron chi connectivity index (χ0n) is 13.9. The smallest absolute Gasteiger partial charge is 0.242 e. The number of hydrogen-bond acceptors (Lipinski definition) is 5. The van der Waals surface area contributed by atoms with E-state index in [2.05, 4.69) is 9.71 Å². The first-order valence-electron chi connectivity index (χ1n) is 8.01. The normalized spacial score (nSPS) is 11.9. The third kappa shape index (κ3) is 4.45. The number of para-hydroxylation sites is 1. The molecule has 132 valence electrons. The molecule has 1 N–H and O–H groups in total. The highest BCUT2D eigenvalue weighted by Gasteiger charge is 2.17. The van der Waals surface area contributed by atoms with Crippen LogP contribution in [-0.4, -0.2) is 26.6 Å². The molecule has 2 heterocycles. The van der Waals surface area contributed by atoms with Gasteiger partial charge < -0.3 is 9.15 Å². The lowest BCUT2D eigenvalue weighted by Gasteiger charge is -2.09. The van der Waals surface area contributed by atoms with Gasteiger partial charge in [-0.3, -0.25) is 4.98 Å². The predicted molar refractivity (Wildman–Crippen MR) is 94.6 cm³/mol. The predicted octanol–water partition coefficient (Wildman–Crippen LogP) is 3.02. The van der Waals surface area contributed by atoms with Gasteiger partial charge in [0, 0.05) is 24.7 Å². The molecule has 0 amide bonds. The van der Waals surface area contributed by atoms with E-state index >= 15 is 0 Å². The number of aryl methyl sites for hydroxylation is 1. The van der Waals surface area contributed by atoms with Crippen LogP contribution in [0.25, 0.3) is 10.9 Å². The van der Waals surface area contributed by atoms with Crippen molar-refractivity contribution in [3.63, 3.8) is 0 Å². The van der Waals surface area contributed by atoms with Gasteiger partial charge in [-0.1, -0.05) is 12.1 Å². The molecule has 6 nitrogen and oxygen atoms in total. The van der Waals surface area contributed by atoms with Gasteiger partial charge in [0.2, 0.25) is 10.0 Å². The molecule has 3 aromatic rings. The fourth-order valence-corrected chi connectivity index (χ4v) is 3.74. The van der Waals surface area contributed by atoms with Gasteiger partial charge in [0.05, 0.1) is 11.8 Å². The van der Waals surface area contributed by atoms with E-state index in [0.717, 1.165) is 16.7 Å². The molecular formula is C18H20N2O4S. The van der Waals surface area contributed by atoms with Crippen molar-refractivity contribution in [1.29, 1.82) is 0 Å². The maximum atomic E-state index is 12.5. The zero-order valence-corrected chi connectivity index (χ0v) is 14.8. The largest absolute Gasteiger partial charge is 0.467 e. The number of ether oxygens (including phenoxy) is 1. The molecule has 0 spiro atoms. The second-order valence-corrected chi connectivity index (χ2v) is 7.46. The van der Waals surface area contributed by atoms with Crippen LogP contribution in [0.1, 0.15) is 17.7 Å². The summed E-state index contributed by atoms with van der Waals surface area (Å²) >= 11 is 0. The third-order valence-corrected chi connectivity index (χ3v) is 5.17. The van der Waals surface area contributed by atoms with Gasteiger partial charge in [-0.15, -0.1) is 0 Å². The molecule has 0 radical (unpaired) electrons. The van der Waals surface area contributed by atoms with E-state index in [1.807, 2.05) is 25.1 Å². The molecule has 25 heavy (non-hydrogen) atoms. The highest BCUT2D eigenvalue weighted by Crippen LogP contribution is 2.21. The Kier molecular flexibility index (Phi) is 5.47. The van der Waals surface area contributed by atoms with E-state index in [0.29, 0.717) is 31.7 Å². The third-order valence-electron chi connectivity index (χ3n) is 3.68. The lowest BCUT2D eigenvalue weighted by atomic mass is 10.2. The Bertz CT molecular complexity index is 937. The summed E-state index contributed by atoms with van der Waals surface area (Å²) in [6.07, 6.45) is 3.83. The van der Waals surface area contributed by atoms with Crippen LogP contribution in [0.15, 0.2) is 58.2 Å². The highest BCUT2D eigenvalue weighted by molar-refractivity contribution is 7.89. The van der Waals surface area contributed by atoms with Gasteiger partial charge >= 0.3 is 0 Å². The molecule has 1 aromatic carbocycles. The van der Waals surface area contributed by atoms with Crippen molar-refractivity contribution in [3.8, 4) is 0 Å². The van der Waals surface area contributed by atoms with Crippen LogP contribution in [0.4, 0.5) is 0 Å². The Balaban J connectivity index is 1.57. The summed E-state index contributed by atoms with van der Waals surface area (Å²) in [6.45, 7) is 3.04. The fourth-order valence-electron chi connectivity index (χ4n) is 2.49. The van der Waals surface area contributed by atoms with Crippen molar-refractivity contribution in [2.24, 2.45) is 0 Å². The van der Waals surface area contributed by atoms with Crippen LogP contribution in [0.5, 0.6) is 0 Å². The van der Waals surface area contributed by atoms with Gasteiger partial charge in [0.25, 0.3) is 0 Å². The molecule has 0 aliphatic rings. The monoisotopic (exact) mass is 360 g/mol. The number of sulfonamides is 1. The van der Waals surface area contributed by atoms with Crippen LogP contribution >= 0.6 is 0 Å². The van der Waals surface area contributed by atoms with Gasteiger partial charge in [0.15, 0.2) is 0 Å². The number of furan rings is 1. The first kappa shape index (κ1) is 17.6. The van der Waals surface area contributed by atoms with E-state index in [4.69, 9.17) is 9.15 Å². The number of nitrogens with zero attached hydrogens (tertiary/aromatic N) is 1. The van der Waals surface area contributed by atoms with Crippen LogP contribution in [0.3, 0.4) is 0 Å². The molecule has 0 saturated carbocycles. The van der Waals surface area contributed by atoms with Crippen LogP contribution < -0.4 is 4.72 Å². The van der Waals surface area contributed by atoms with Crippen molar-refractivity contribution in [2.75, 3.05) is 13.2 Å². The molecule has 3 rings (SSSR count). The summed E-state index contributed by atoms with van der Waals surface area (Å²) in [6, 6.07) is 10.7. The van der Waals surface area contributed by atoms with Crippen molar-refractivity contribution in [1.82, 2.24) is 9.71 Å². The molecule has 2 aromatic heterocycles. The summed E-state index contributed by atoms with van der Waals surface area (Å²) in [5.74, 6) is 0.748. The summed E-state index contributed by atoms with van der Waals surface area (Å²) < 4.78 is 38.3. The second-order valence-electron chi connectivity index (χ2n) is 5.72. The molecular weight excluding hydrogens is 340 g/mol. The van der Waals surface area contributed by atoms with Crippen molar-refractivity contribution >= 4 is 20.9 Å². The van der Waals surface area contributed by atoms with E-state index in [9.17, 15) is 8.42 Å². The van der Waals surface area contributed by atoms with Crippen molar-refractivity contribution < 1.29 is 17.6 Å². The number of rotatable bonds is 8. The first-order valence-corrected chi connectivity index (χ1v) is 9.50. The van der Waals surface area contributed by atoms with Crippen LogP contribution in [-0.2, 0) is 21.4 Å². The lowest BCUT2D eigenvalue weighted by Crippen LogP contribution is -2.26. The lowest BCUT2D eigenvalue weighted by molar-refractivity contribution is 0.105. The SMILES string of the molecule is Cc1cnc2c(S(=O)(=O)NCCCOCc3ccco3)cccc2c1. The summed E-state index contributed by atoms with van der Waals surface area (Å²) in [4.78, 5) is 4.47. The van der Waals surface area contributed by atoms with Crippen molar-refractivity contribution in [3.05, 3.63) is 60.2 Å². The minimum atomic E-state index is -3.62. The quantitative estimate of drug-likeness (QED) is 0.625. The van der Waals surface area contributed by atoms with Gasteiger partial charge in [0.1, 0.15) is 17.3 Å². The molecule has 0 bridgehead atoms. The number of nitrogens with one attached hydrogen (secondary N) is 1. The number of hydrogen-bond donors (Lipinski definition) is 1. The van der Waals surface area contributed by atoms with Gasteiger partial charge in [-0.2, -0.15) is 0 Å². The van der Waals surface area contributed by atoms with Crippen LogP contribution in [0, 0.1) is 6.92 Å². The number of fused-ring (bicyclic) bond motifs is 1. The molecule has 0 atom stereocenters. The number of pyridine rings is 1. The summed E-state index contributed by atoms with van der Waals surface area (Å²) in [5.41, 5.74) is 1.47. The maximum absolute atomic E-state index is 12.5. The van der Waals surface area contributed by atoms with Gasteiger partial charge in [-0.05, 0) is 43.2 Å². The average molecular weight is 360 g/mol. The van der Waals surface area contributed by atoms with E-state index in [1.54, 1.807) is 30.7 Å². The van der Waals surface area contributed by atoms with Crippen LogP contribution in [0.2, 0.25) is 0 Å². The summed E-state index contributed by atoms with van der Waals surface area (Å²) in [5, 5.41) is 0.810. The van der Waals surface area contributed by atoms with E-state index in [1.165, 1.54) is 0 Å².